The number of phosphoric ester groups is 1. The summed E-state index contributed by atoms with van der Waals surface area (Å²) in [5.74, 6) is -2.38. The highest BCUT2D eigenvalue weighted by Crippen LogP contribution is 2.43. The van der Waals surface area contributed by atoms with Crippen molar-refractivity contribution in [3.05, 3.63) is 12.2 Å². The molecule has 0 aromatic carbocycles. The number of hydrogen-bond acceptors (Lipinski definition) is 8. The molecule has 12 heteroatoms. The second-order valence-electron chi connectivity index (χ2n) is 12.4. The average molecular weight is 692 g/mol. The lowest BCUT2D eigenvalue weighted by molar-refractivity contribution is -0.147. The van der Waals surface area contributed by atoms with Crippen LogP contribution in [0.15, 0.2) is 12.2 Å². The lowest BCUT2D eigenvalue weighted by atomic mass is 10.1. The summed E-state index contributed by atoms with van der Waals surface area (Å²) in [7, 11) is -4.74. The van der Waals surface area contributed by atoms with E-state index in [1.807, 2.05) is 0 Å². The van der Waals surface area contributed by atoms with Crippen LogP contribution in [0.2, 0.25) is 0 Å². The number of phosphoric acid groups is 1. The van der Waals surface area contributed by atoms with E-state index in [1.165, 1.54) is 64.2 Å². The maximum Gasteiger partial charge on any atom is 0.472 e. The Morgan fingerprint density at radius 3 is 1.64 bits per heavy atom. The van der Waals surface area contributed by atoms with Crippen LogP contribution in [-0.2, 0) is 32.7 Å². The number of rotatable bonds is 34. The Morgan fingerprint density at radius 1 is 0.660 bits per heavy atom. The van der Waals surface area contributed by atoms with Gasteiger partial charge in [0.25, 0.3) is 0 Å². The highest BCUT2D eigenvalue weighted by atomic mass is 31.2. The van der Waals surface area contributed by atoms with Crippen LogP contribution in [0.4, 0.5) is 0 Å². The molecule has 0 bridgehead atoms. The quantitative estimate of drug-likeness (QED) is 0.0224. The van der Waals surface area contributed by atoms with E-state index in [-0.39, 0.29) is 12.8 Å². The zero-order valence-electron chi connectivity index (χ0n) is 29.3. The van der Waals surface area contributed by atoms with Gasteiger partial charge in [-0.05, 0) is 38.5 Å². The molecule has 3 atom stereocenters. The van der Waals surface area contributed by atoms with Crippen molar-refractivity contribution in [3.8, 4) is 0 Å². The molecule has 0 aliphatic heterocycles. The van der Waals surface area contributed by atoms with Gasteiger partial charge in [-0.2, -0.15) is 0 Å². The van der Waals surface area contributed by atoms with E-state index in [4.69, 9.17) is 13.8 Å². The van der Waals surface area contributed by atoms with E-state index in [0.29, 0.717) is 12.8 Å². The third kappa shape index (κ3) is 31.3. The van der Waals surface area contributed by atoms with Gasteiger partial charge in [-0.3, -0.25) is 18.6 Å². The topological polar surface area (TPSA) is 169 Å². The summed E-state index contributed by atoms with van der Waals surface area (Å²) in [4.78, 5) is 45.5. The fraction of sp³-hybridized carbons (Fsp3) is 0.857. The predicted octanol–water partition coefficient (Wildman–Crippen LogP) is 8.16. The van der Waals surface area contributed by atoms with E-state index in [1.54, 1.807) is 0 Å². The second kappa shape index (κ2) is 31.5. The standard InChI is InChI=1S/C35H66NO10P/c1-3-5-7-9-11-13-15-16-17-18-20-22-24-26-33(38)36-32(35(40)41)30-46-47(42,43)45-29-31(37)28-44-34(39)27-25-23-21-19-14-12-10-8-6-4-2/h13,15,31-32,37H,3-12,14,16-30H2,1-2H3,(H,36,38)(H,40,41)(H,42,43)/b15-13-. The van der Waals surface area contributed by atoms with Crippen molar-refractivity contribution >= 4 is 25.7 Å². The molecule has 0 aliphatic carbocycles. The van der Waals surface area contributed by atoms with E-state index in [0.717, 1.165) is 57.8 Å². The van der Waals surface area contributed by atoms with Crippen LogP contribution >= 0.6 is 7.82 Å². The zero-order valence-corrected chi connectivity index (χ0v) is 30.2. The summed E-state index contributed by atoms with van der Waals surface area (Å²) in [6.07, 6.45) is 26.8. The van der Waals surface area contributed by atoms with Crippen molar-refractivity contribution in [1.82, 2.24) is 5.32 Å². The molecule has 11 nitrogen and oxygen atoms in total. The SMILES string of the molecule is CCCCCC/C=C\CCCCCCCC(=O)NC(COP(=O)(O)OCC(O)COC(=O)CCCCCCCCCCCC)C(=O)O. The lowest BCUT2D eigenvalue weighted by Gasteiger charge is -2.18. The molecule has 0 aromatic rings. The molecule has 47 heavy (non-hydrogen) atoms. The Balaban J connectivity index is 4.01. The fourth-order valence-electron chi connectivity index (χ4n) is 4.90. The summed E-state index contributed by atoms with van der Waals surface area (Å²) in [5, 5.41) is 21.7. The molecule has 0 saturated carbocycles. The van der Waals surface area contributed by atoms with Crippen molar-refractivity contribution in [2.24, 2.45) is 0 Å². The average Bonchev–Trinajstić information content (AvgIpc) is 3.04. The summed E-state index contributed by atoms with van der Waals surface area (Å²) < 4.78 is 26.6. The van der Waals surface area contributed by atoms with Gasteiger partial charge >= 0.3 is 19.8 Å². The van der Waals surface area contributed by atoms with Crippen LogP contribution in [0.5, 0.6) is 0 Å². The number of amides is 1. The number of aliphatic hydroxyl groups is 1. The van der Waals surface area contributed by atoms with Gasteiger partial charge in [0.15, 0.2) is 6.04 Å². The molecule has 0 heterocycles. The molecular weight excluding hydrogens is 625 g/mol. The van der Waals surface area contributed by atoms with Crippen molar-refractivity contribution < 1.29 is 47.8 Å². The number of ether oxygens (including phenoxy) is 1. The summed E-state index contributed by atoms with van der Waals surface area (Å²) in [6, 6.07) is -1.54. The van der Waals surface area contributed by atoms with Crippen molar-refractivity contribution in [2.45, 2.75) is 174 Å². The van der Waals surface area contributed by atoms with Gasteiger partial charge in [0, 0.05) is 12.8 Å². The summed E-state index contributed by atoms with van der Waals surface area (Å²) in [5.41, 5.74) is 0. The lowest BCUT2D eigenvalue weighted by Crippen LogP contribution is -2.43. The highest BCUT2D eigenvalue weighted by Gasteiger charge is 2.28. The van der Waals surface area contributed by atoms with Crippen molar-refractivity contribution in [3.63, 3.8) is 0 Å². The smallest absolute Gasteiger partial charge is 0.472 e. The van der Waals surface area contributed by atoms with Crippen molar-refractivity contribution in [1.29, 1.82) is 0 Å². The first-order valence-corrected chi connectivity index (χ1v) is 19.7. The molecule has 0 radical (unpaired) electrons. The molecule has 276 valence electrons. The van der Waals surface area contributed by atoms with Gasteiger partial charge in [-0.1, -0.05) is 122 Å². The monoisotopic (exact) mass is 691 g/mol. The Hall–Kier alpha value is -1.78. The number of carboxylic acids is 1. The molecule has 0 aromatic heterocycles. The number of carboxylic acid groups (broad SMARTS) is 1. The number of nitrogens with one attached hydrogen (secondary N) is 1. The van der Waals surface area contributed by atoms with E-state index in [2.05, 4.69) is 31.3 Å². The van der Waals surface area contributed by atoms with Crippen LogP contribution in [0, 0.1) is 0 Å². The summed E-state index contributed by atoms with van der Waals surface area (Å²) in [6.45, 7) is 2.52. The van der Waals surface area contributed by atoms with E-state index in [9.17, 15) is 34.1 Å². The van der Waals surface area contributed by atoms with Crippen LogP contribution < -0.4 is 5.32 Å². The Bertz CT molecular complexity index is 869. The highest BCUT2D eigenvalue weighted by molar-refractivity contribution is 7.47. The van der Waals surface area contributed by atoms with Gasteiger partial charge in [0.2, 0.25) is 5.91 Å². The number of esters is 1. The van der Waals surface area contributed by atoms with Gasteiger partial charge < -0.3 is 25.2 Å². The Kier molecular flexibility index (Phi) is 30.3. The third-order valence-corrected chi connectivity index (χ3v) is 8.76. The number of aliphatic hydroxyl groups excluding tert-OH is 1. The molecule has 0 saturated heterocycles. The van der Waals surface area contributed by atoms with Crippen LogP contribution in [-0.4, -0.2) is 64.9 Å². The molecule has 0 aliphatic rings. The van der Waals surface area contributed by atoms with E-state index >= 15 is 0 Å². The molecule has 0 fully saturated rings. The molecule has 4 N–H and O–H groups in total. The minimum absolute atomic E-state index is 0.138. The maximum absolute atomic E-state index is 12.2. The minimum Gasteiger partial charge on any atom is -0.480 e. The molecular formula is C35H66NO10P. The second-order valence-corrected chi connectivity index (χ2v) is 13.9. The largest absolute Gasteiger partial charge is 0.480 e. The first kappa shape index (κ1) is 45.2. The molecule has 3 unspecified atom stereocenters. The van der Waals surface area contributed by atoms with Crippen molar-refractivity contribution in [2.75, 3.05) is 19.8 Å². The molecule has 0 rings (SSSR count). The predicted molar refractivity (Wildman–Crippen MR) is 185 cm³/mol. The van der Waals surface area contributed by atoms with E-state index < -0.39 is 57.6 Å². The first-order chi connectivity index (χ1) is 22.6. The molecule has 0 spiro atoms. The maximum atomic E-state index is 12.2. The normalized spacial score (nSPS) is 14.1. The van der Waals surface area contributed by atoms with Crippen LogP contribution in [0.3, 0.4) is 0 Å². The number of hydrogen-bond donors (Lipinski definition) is 4. The van der Waals surface area contributed by atoms with Crippen LogP contribution in [0.1, 0.15) is 162 Å². The molecule has 1 amide bonds. The Morgan fingerprint density at radius 2 is 1.11 bits per heavy atom. The van der Waals surface area contributed by atoms with Gasteiger partial charge in [0.05, 0.1) is 13.2 Å². The minimum atomic E-state index is -4.74. The van der Waals surface area contributed by atoms with Crippen LogP contribution in [0.25, 0.3) is 0 Å². The number of unbranched alkanes of at least 4 members (excludes halogenated alkanes) is 18. The van der Waals surface area contributed by atoms with Gasteiger partial charge in [-0.15, -0.1) is 0 Å². The van der Waals surface area contributed by atoms with Gasteiger partial charge in [-0.25, -0.2) is 9.36 Å². The number of carbonyl (C=O) groups excluding carboxylic acids is 2. The number of carbonyl (C=O) groups is 3. The van der Waals surface area contributed by atoms with Gasteiger partial charge in [0.1, 0.15) is 12.7 Å². The number of aliphatic carboxylic acids is 1. The first-order valence-electron chi connectivity index (χ1n) is 18.2. The Labute approximate surface area is 284 Å². The summed E-state index contributed by atoms with van der Waals surface area (Å²) >= 11 is 0. The number of allylic oxidation sites excluding steroid dienone is 2. The third-order valence-electron chi connectivity index (χ3n) is 7.80. The fourth-order valence-corrected chi connectivity index (χ4v) is 5.67. The zero-order chi connectivity index (χ0) is 35.0.